The van der Waals surface area contributed by atoms with Gasteiger partial charge in [0.2, 0.25) is 0 Å². The van der Waals surface area contributed by atoms with E-state index in [4.69, 9.17) is 28.6 Å². The number of rotatable bonds is 4. The Balaban J connectivity index is 1.77. The van der Waals surface area contributed by atoms with Gasteiger partial charge in [-0.2, -0.15) is 0 Å². The Labute approximate surface area is 174 Å². The lowest BCUT2D eigenvalue weighted by atomic mass is 10.1. The highest BCUT2D eigenvalue weighted by Crippen LogP contribution is 2.22. The zero-order valence-electron chi connectivity index (χ0n) is 13.6. The van der Waals surface area contributed by atoms with Crippen LogP contribution in [0, 0.1) is 10.5 Å². The standard InChI is InChI=1S/C17H15ClIN3O3S/c1-10-6-7-11(8-13(10)19)16(24)20-17(26)22-21-15(23)9-25-14-5-3-2-4-12(14)18/h2-8H,9H2,1H3,(H,21,23)(H2,20,22,24,26). The van der Waals surface area contributed by atoms with Gasteiger partial charge >= 0.3 is 0 Å². The van der Waals surface area contributed by atoms with Crippen molar-refractivity contribution < 1.29 is 14.3 Å². The van der Waals surface area contributed by atoms with E-state index >= 15 is 0 Å². The van der Waals surface area contributed by atoms with Gasteiger partial charge in [0.05, 0.1) is 5.02 Å². The molecule has 2 amide bonds. The minimum Gasteiger partial charge on any atom is -0.482 e. The molecule has 0 aliphatic carbocycles. The average Bonchev–Trinajstić information content (AvgIpc) is 2.61. The van der Waals surface area contributed by atoms with Gasteiger partial charge in [-0.15, -0.1) is 0 Å². The molecule has 136 valence electrons. The summed E-state index contributed by atoms with van der Waals surface area (Å²) in [4.78, 5) is 23.9. The minimum absolute atomic E-state index is 0.0309. The van der Waals surface area contributed by atoms with Gasteiger partial charge in [-0.1, -0.05) is 29.8 Å². The Hall–Kier alpha value is -1.91. The average molecular weight is 504 g/mol. The second kappa shape index (κ2) is 9.70. The molecule has 0 aromatic heterocycles. The normalized spacial score (nSPS) is 9.96. The van der Waals surface area contributed by atoms with Gasteiger partial charge in [0.1, 0.15) is 5.75 Å². The number of hydrazine groups is 1. The molecule has 0 unspecified atom stereocenters. The predicted molar refractivity (Wildman–Crippen MR) is 112 cm³/mol. The maximum atomic E-state index is 12.1. The minimum atomic E-state index is -0.480. The van der Waals surface area contributed by atoms with Crippen LogP contribution in [0.2, 0.25) is 5.02 Å². The van der Waals surface area contributed by atoms with Crippen molar-refractivity contribution in [3.8, 4) is 5.75 Å². The molecule has 0 radical (unpaired) electrons. The lowest BCUT2D eigenvalue weighted by Crippen LogP contribution is -2.49. The lowest BCUT2D eigenvalue weighted by Gasteiger charge is -2.12. The molecule has 0 saturated carbocycles. The fraction of sp³-hybridized carbons (Fsp3) is 0.118. The van der Waals surface area contributed by atoms with E-state index in [0.717, 1.165) is 9.13 Å². The summed E-state index contributed by atoms with van der Waals surface area (Å²) in [7, 11) is 0. The highest BCUT2D eigenvalue weighted by Gasteiger charge is 2.10. The summed E-state index contributed by atoms with van der Waals surface area (Å²) in [6.07, 6.45) is 0. The molecule has 0 bridgehead atoms. The number of hydrogen-bond donors (Lipinski definition) is 3. The molecule has 0 saturated heterocycles. The molecule has 0 aliphatic heterocycles. The van der Waals surface area contributed by atoms with Crippen molar-refractivity contribution in [3.63, 3.8) is 0 Å². The van der Waals surface area contributed by atoms with Crippen LogP contribution in [0.15, 0.2) is 42.5 Å². The molecule has 0 aliphatic rings. The molecule has 0 atom stereocenters. The fourth-order valence-electron chi connectivity index (χ4n) is 1.81. The fourth-order valence-corrected chi connectivity index (χ4v) is 2.66. The van der Waals surface area contributed by atoms with E-state index in [1.54, 1.807) is 36.4 Å². The highest BCUT2D eigenvalue weighted by molar-refractivity contribution is 14.1. The van der Waals surface area contributed by atoms with Gasteiger partial charge in [-0.05, 0) is 71.6 Å². The smallest absolute Gasteiger partial charge is 0.276 e. The molecule has 9 heteroatoms. The van der Waals surface area contributed by atoms with E-state index in [0.29, 0.717) is 16.3 Å². The Morgan fingerprint density at radius 1 is 1.19 bits per heavy atom. The van der Waals surface area contributed by atoms with Gasteiger partial charge in [0.25, 0.3) is 11.8 Å². The Morgan fingerprint density at radius 2 is 1.92 bits per heavy atom. The van der Waals surface area contributed by atoms with E-state index in [-0.39, 0.29) is 17.6 Å². The van der Waals surface area contributed by atoms with Crippen LogP contribution in [-0.2, 0) is 4.79 Å². The van der Waals surface area contributed by atoms with E-state index in [9.17, 15) is 9.59 Å². The number of amides is 2. The molecule has 2 rings (SSSR count). The quantitative estimate of drug-likeness (QED) is 0.340. The number of halogens is 2. The Morgan fingerprint density at radius 3 is 2.62 bits per heavy atom. The Bertz CT molecular complexity index is 848. The van der Waals surface area contributed by atoms with Crippen LogP contribution in [0.1, 0.15) is 15.9 Å². The number of ether oxygens (including phenoxy) is 1. The molecule has 2 aromatic rings. The van der Waals surface area contributed by atoms with Gasteiger partial charge in [0.15, 0.2) is 11.7 Å². The number of carbonyl (C=O) groups is 2. The van der Waals surface area contributed by atoms with Crippen molar-refractivity contribution in [1.29, 1.82) is 0 Å². The molecular formula is C17H15ClIN3O3S. The van der Waals surface area contributed by atoms with Gasteiger partial charge in [0, 0.05) is 9.13 Å². The number of aryl methyl sites for hydroxylation is 1. The zero-order chi connectivity index (χ0) is 19.1. The summed E-state index contributed by atoms with van der Waals surface area (Å²) < 4.78 is 6.26. The molecule has 0 fully saturated rings. The molecule has 0 spiro atoms. The van der Waals surface area contributed by atoms with Crippen LogP contribution < -0.4 is 20.9 Å². The van der Waals surface area contributed by atoms with Crippen LogP contribution in [-0.4, -0.2) is 23.5 Å². The monoisotopic (exact) mass is 503 g/mol. The molecule has 26 heavy (non-hydrogen) atoms. The van der Waals surface area contributed by atoms with Gasteiger partial charge in [-0.3, -0.25) is 25.8 Å². The first kappa shape index (κ1) is 20.4. The number of nitrogens with one attached hydrogen (secondary N) is 3. The third kappa shape index (κ3) is 6.11. The van der Waals surface area contributed by atoms with Crippen LogP contribution in [0.4, 0.5) is 0 Å². The molecule has 2 aromatic carbocycles. The first-order valence-electron chi connectivity index (χ1n) is 7.40. The van der Waals surface area contributed by atoms with E-state index in [1.165, 1.54) is 0 Å². The molecule has 0 heterocycles. The predicted octanol–water partition coefficient (Wildman–Crippen LogP) is 2.97. The van der Waals surface area contributed by atoms with Crippen LogP contribution in [0.5, 0.6) is 5.75 Å². The number of para-hydroxylation sites is 1. The third-order valence-corrected chi connectivity index (χ3v) is 4.85. The van der Waals surface area contributed by atoms with Crippen molar-refractivity contribution in [2.75, 3.05) is 6.61 Å². The van der Waals surface area contributed by atoms with Crippen molar-refractivity contribution in [2.45, 2.75) is 6.92 Å². The second-order valence-electron chi connectivity index (χ2n) is 5.14. The van der Waals surface area contributed by atoms with E-state index < -0.39 is 5.91 Å². The highest BCUT2D eigenvalue weighted by atomic mass is 127. The van der Waals surface area contributed by atoms with Gasteiger partial charge in [-0.25, -0.2) is 0 Å². The second-order valence-corrected chi connectivity index (χ2v) is 7.12. The summed E-state index contributed by atoms with van der Waals surface area (Å²) in [6, 6.07) is 12.1. The van der Waals surface area contributed by atoms with Crippen molar-refractivity contribution in [2.24, 2.45) is 0 Å². The summed E-state index contributed by atoms with van der Waals surface area (Å²) in [5.74, 6) is -0.456. The first-order chi connectivity index (χ1) is 12.4. The lowest BCUT2D eigenvalue weighted by molar-refractivity contribution is -0.123. The number of thiocarbonyl (C=S) groups is 1. The third-order valence-electron chi connectivity index (χ3n) is 3.17. The summed E-state index contributed by atoms with van der Waals surface area (Å²) in [5, 5.41) is 2.86. The number of carbonyl (C=O) groups excluding carboxylic acids is 2. The largest absolute Gasteiger partial charge is 0.482 e. The maximum Gasteiger partial charge on any atom is 0.276 e. The summed E-state index contributed by atoms with van der Waals surface area (Å²) >= 11 is 13.1. The first-order valence-corrected chi connectivity index (χ1v) is 9.27. The number of hydrogen-bond acceptors (Lipinski definition) is 4. The van der Waals surface area contributed by atoms with Crippen molar-refractivity contribution in [1.82, 2.24) is 16.2 Å². The molecule has 3 N–H and O–H groups in total. The van der Waals surface area contributed by atoms with Crippen LogP contribution in [0.25, 0.3) is 0 Å². The maximum absolute atomic E-state index is 12.1. The van der Waals surface area contributed by atoms with Crippen LogP contribution in [0.3, 0.4) is 0 Å². The van der Waals surface area contributed by atoms with Gasteiger partial charge < -0.3 is 4.74 Å². The summed E-state index contributed by atoms with van der Waals surface area (Å²) in [6.45, 7) is 1.69. The van der Waals surface area contributed by atoms with Crippen molar-refractivity contribution >= 4 is 63.3 Å². The SMILES string of the molecule is Cc1ccc(C(=O)NC(=S)NNC(=O)COc2ccccc2Cl)cc1I. The zero-order valence-corrected chi connectivity index (χ0v) is 17.4. The Kier molecular flexibility index (Phi) is 7.61. The van der Waals surface area contributed by atoms with E-state index in [1.807, 2.05) is 13.0 Å². The topological polar surface area (TPSA) is 79.5 Å². The van der Waals surface area contributed by atoms with Crippen molar-refractivity contribution in [3.05, 3.63) is 62.2 Å². The van der Waals surface area contributed by atoms with E-state index in [2.05, 4.69) is 38.8 Å². The molecular weight excluding hydrogens is 489 g/mol. The van der Waals surface area contributed by atoms with Crippen LogP contribution >= 0.6 is 46.4 Å². The molecule has 6 nitrogen and oxygen atoms in total. The number of benzene rings is 2. The summed E-state index contributed by atoms with van der Waals surface area (Å²) in [5.41, 5.74) is 6.33.